The lowest BCUT2D eigenvalue weighted by atomic mass is 9.82. The van der Waals surface area contributed by atoms with Crippen LogP contribution >= 0.6 is 0 Å². The summed E-state index contributed by atoms with van der Waals surface area (Å²) in [4.78, 5) is 4.77. The van der Waals surface area contributed by atoms with Crippen molar-refractivity contribution in [2.75, 3.05) is 9.80 Å². The number of nitrogens with zero attached hydrogens (tertiary/aromatic N) is 4. The van der Waals surface area contributed by atoms with E-state index in [0.29, 0.717) is 0 Å². The molecule has 4 nitrogen and oxygen atoms in total. The van der Waals surface area contributed by atoms with Gasteiger partial charge in [-0.3, -0.25) is 0 Å². The minimum atomic E-state index is -0.255. The van der Waals surface area contributed by atoms with Crippen LogP contribution in [0.25, 0.3) is 144 Å². The van der Waals surface area contributed by atoms with Gasteiger partial charge in [0.25, 0.3) is 0 Å². The van der Waals surface area contributed by atoms with Gasteiger partial charge in [0.2, 0.25) is 0 Å². The van der Waals surface area contributed by atoms with Crippen molar-refractivity contribution in [1.82, 2.24) is 9.13 Å². The van der Waals surface area contributed by atoms with Crippen LogP contribution in [0.1, 0.15) is 25.0 Å². The van der Waals surface area contributed by atoms with Crippen LogP contribution in [0, 0.1) is 0 Å². The van der Waals surface area contributed by atoms with Crippen molar-refractivity contribution in [2.24, 2.45) is 0 Å². The third-order valence-corrected chi connectivity index (χ3v) is 22.6. The highest BCUT2D eigenvalue weighted by molar-refractivity contribution is 6.11. The van der Waals surface area contributed by atoms with Crippen molar-refractivity contribution in [3.8, 4) is 100 Å². The maximum atomic E-state index is 2.44. The lowest BCUT2D eigenvalue weighted by molar-refractivity contribution is 0.660. The van der Waals surface area contributed by atoms with Crippen molar-refractivity contribution < 1.29 is 0 Å². The molecule has 20 rings (SSSR count). The second-order valence-corrected chi connectivity index (χ2v) is 29.2. The van der Waals surface area contributed by atoms with Gasteiger partial charge in [0.1, 0.15) is 0 Å². The molecule has 19 aromatic rings. The highest BCUT2D eigenvalue weighted by atomic mass is 15.1. The van der Waals surface area contributed by atoms with E-state index in [0.717, 1.165) is 50.9 Å². The molecule has 514 valence electrons. The topological polar surface area (TPSA) is 16.3 Å². The normalized spacial score (nSPS) is 12.2. The number of rotatable bonds is 15. The largest absolute Gasteiger partial charge is 0.311 e. The van der Waals surface area contributed by atoms with Crippen molar-refractivity contribution in [3.63, 3.8) is 0 Å². The SMILES string of the molecule is CC1(C)c2cc(N(c3ccc(-c4ccccc4)cc3)c3ccc(-c4ccc(-c5ccc(-c6ccc(-c7ccc(N(c8ccc(-c9ccccc9)cc8)c8ccc(-c9ccc%10c(c9)c9ccccc9n%10-c9ccccc9)cc8)cc7)cc6)cc5)cc4)cc3)ccc2-c2ccc(-n3c4ccccc4c4ccccc43)cc21. The molecule has 17 aromatic carbocycles. The third kappa shape index (κ3) is 11.6. The third-order valence-electron chi connectivity index (χ3n) is 22.6. The maximum absolute atomic E-state index is 2.44. The first kappa shape index (κ1) is 64.5. The van der Waals surface area contributed by atoms with Gasteiger partial charge in [-0.1, -0.05) is 299 Å². The van der Waals surface area contributed by atoms with E-state index in [-0.39, 0.29) is 5.41 Å². The number of hydrogen-bond acceptors (Lipinski definition) is 2. The summed E-state index contributed by atoms with van der Waals surface area (Å²) >= 11 is 0. The molecule has 0 N–H and O–H groups in total. The summed E-state index contributed by atoms with van der Waals surface area (Å²) in [5, 5.41) is 5.03. The Morgan fingerprint density at radius 2 is 0.440 bits per heavy atom. The number of benzene rings is 17. The van der Waals surface area contributed by atoms with Crippen molar-refractivity contribution in [2.45, 2.75) is 19.3 Å². The van der Waals surface area contributed by atoms with Crippen LogP contribution in [-0.2, 0) is 5.41 Å². The summed E-state index contributed by atoms with van der Waals surface area (Å²) in [6, 6.07) is 151. The van der Waals surface area contributed by atoms with Gasteiger partial charge in [-0.25, -0.2) is 0 Å². The maximum Gasteiger partial charge on any atom is 0.0541 e. The van der Waals surface area contributed by atoms with Gasteiger partial charge in [0, 0.05) is 72.5 Å². The first-order valence-electron chi connectivity index (χ1n) is 37.7. The van der Waals surface area contributed by atoms with Crippen LogP contribution in [0.4, 0.5) is 34.1 Å². The fourth-order valence-corrected chi connectivity index (χ4v) is 16.9. The molecule has 0 saturated heterocycles. The van der Waals surface area contributed by atoms with Gasteiger partial charge in [-0.2, -0.15) is 0 Å². The molecule has 0 radical (unpaired) electrons. The summed E-state index contributed by atoms with van der Waals surface area (Å²) < 4.78 is 4.81. The quantitative estimate of drug-likeness (QED) is 0.102. The number of anilines is 6. The van der Waals surface area contributed by atoms with Crippen molar-refractivity contribution in [3.05, 3.63) is 424 Å². The van der Waals surface area contributed by atoms with Gasteiger partial charge in [-0.15, -0.1) is 0 Å². The smallest absolute Gasteiger partial charge is 0.0541 e. The lowest BCUT2D eigenvalue weighted by Gasteiger charge is -2.28. The van der Waals surface area contributed by atoms with E-state index in [2.05, 4.69) is 445 Å². The molecule has 0 atom stereocenters. The molecule has 0 spiro atoms. The van der Waals surface area contributed by atoms with E-state index in [1.807, 2.05) is 0 Å². The Hall–Kier alpha value is -14.1. The summed E-state index contributed by atoms with van der Waals surface area (Å²) in [7, 11) is 0. The summed E-state index contributed by atoms with van der Waals surface area (Å²) in [5.41, 5.74) is 35.2. The van der Waals surface area contributed by atoms with Crippen LogP contribution in [0.2, 0.25) is 0 Å². The summed E-state index contributed by atoms with van der Waals surface area (Å²) in [5.74, 6) is 0. The average molecular weight is 1390 g/mol. The second-order valence-electron chi connectivity index (χ2n) is 29.2. The second kappa shape index (κ2) is 26.8. The predicted octanol–water partition coefficient (Wildman–Crippen LogP) is 28.8. The van der Waals surface area contributed by atoms with E-state index < -0.39 is 0 Å². The minimum Gasteiger partial charge on any atom is -0.311 e. The Labute approximate surface area is 635 Å². The van der Waals surface area contributed by atoms with Gasteiger partial charge in [0.05, 0.1) is 22.1 Å². The molecule has 0 amide bonds. The highest BCUT2D eigenvalue weighted by Crippen LogP contribution is 2.52. The first-order valence-corrected chi connectivity index (χ1v) is 37.7. The Morgan fingerprint density at radius 1 is 0.183 bits per heavy atom. The number of hydrogen-bond donors (Lipinski definition) is 0. The molecule has 109 heavy (non-hydrogen) atoms. The highest BCUT2D eigenvalue weighted by Gasteiger charge is 2.37. The number of aromatic nitrogens is 2. The van der Waals surface area contributed by atoms with Gasteiger partial charge < -0.3 is 18.9 Å². The molecule has 0 fully saturated rings. The number of fused-ring (bicyclic) bond motifs is 9. The fraction of sp³-hybridized carbons (Fsp3) is 0.0286. The Morgan fingerprint density at radius 3 is 0.826 bits per heavy atom. The van der Waals surface area contributed by atoms with Gasteiger partial charge in [-0.05, 0) is 228 Å². The van der Waals surface area contributed by atoms with E-state index in [1.54, 1.807) is 0 Å². The average Bonchev–Trinajstić information content (AvgIpc) is 1.57. The Kier molecular flexibility index (Phi) is 15.9. The zero-order chi connectivity index (χ0) is 72.5. The van der Waals surface area contributed by atoms with E-state index >= 15 is 0 Å². The molecule has 0 aliphatic heterocycles. The van der Waals surface area contributed by atoms with Crippen molar-refractivity contribution >= 4 is 77.7 Å². The molecule has 4 heteroatoms. The van der Waals surface area contributed by atoms with E-state index in [1.165, 1.54) is 138 Å². The molecule has 1 aliphatic carbocycles. The molecular formula is C105H74N4. The molecule has 0 saturated carbocycles. The number of para-hydroxylation sites is 4. The molecule has 1 aliphatic rings. The van der Waals surface area contributed by atoms with Gasteiger partial charge in [0.15, 0.2) is 0 Å². The van der Waals surface area contributed by atoms with Crippen LogP contribution in [-0.4, -0.2) is 9.13 Å². The molecule has 0 unspecified atom stereocenters. The minimum absolute atomic E-state index is 0.255. The summed E-state index contributed by atoms with van der Waals surface area (Å²) in [6.45, 7) is 4.78. The standard InChI is InChI=1S/C105H74N4/c1-105(2)99-69-91(63-65-93(99)94-66-64-92(70-100(94)105)109-101-27-15-12-24-95(101)96-25-13-16-28-102(96)109)107(89-57-44-80(45-58-89)72-20-8-4-9-21-72)90-59-48-82(49-60-90)78-40-36-76(37-41-78)74-32-30-73(31-33-74)75-34-38-77(39-35-75)81-46-55-87(56-47-81)106(86-53-42-79(43-54-86)71-18-6-3-7-19-71)88-61-50-83(51-62-88)84-52-67-104-98(68-84)97-26-14-17-29-103(97)108(104)85-22-10-5-11-23-85/h3-70H,1-2H3. The van der Waals surface area contributed by atoms with Crippen LogP contribution < -0.4 is 9.80 Å². The monoisotopic (exact) mass is 1390 g/mol. The molecular weight excluding hydrogens is 1320 g/mol. The van der Waals surface area contributed by atoms with Crippen molar-refractivity contribution in [1.29, 1.82) is 0 Å². The molecule has 2 heterocycles. The first-order chi connectivity index (χ1) is 53.8. The zero-order valence-electron chi connectivity index (χ0n) is 60.5. The Balaban J connectivity index is 0.539. The fourth-order valence-electron chi connectivity index (χ4n) is 16.9. The predicted molar refractivity (Wildman–Crippen MR) is 460 cm³/mol. The lowest BCUT2D eigenvalue weighted by Crippen LogP contribution is -2.17. The van der Waals surface area contributed by atoms with E-state index in [9.17, 15) is 0 Å². The van der Waals surface area contributed by atoms with E-state index in [4.69, 9.17) is 0 Å². The van der Waals surface area contributed by atoms with Crippen LogP contribution in [0.5, 0.6) is 0 Å². The Bertz CT molecular complexity index is 6530. The van der Waals surface area contributed by atoms with Crippen LogP contribution in [0.3, 0.4) is 0 Å². The molecule has 2 aromatic heterocycles. The molecule has 0 bridgehead atoms. The van der Waals surface area contributed by atoms with Gasteiger partial charge >= 0.3 is 0 Å². The zero-order valence-corrected chi connectivity index (χ0v) is 60.5. The van der Waals surface area contributed by atoms with Crippen LogP contribution in [0.15, 0.2) is 413 Å². The summed E-state index contributed by atoms with van der Waals surface area (Å²) in [6.07, 6.45) is 0.